The van der Waals surface area contributed by atoms with E-state index in [1.54, 1.807) is 0 Å². The summed E-state index contributed by atoms with van der Waals surface area (Å²) in [5, 5.41) is 23.0. The van der Waals surface area contributed by atoms with Gasteiger partial charge >= 0.3 is 0 Å². The van der Waals surface area contributed by atoms with Gasteiger partial charge in [0.05, 0.1) is 23.9 Å². The Balaban J connectivity index is 1.76. The second-order valence-corrected chi connectivity index (χ2v) is 6.63. The summed E-state index contributed by atoms with van der Waals surface area (Å²) in [4.78, 5) is 4.83. The van der Waals surface area contributed by atoms with Crippen LogP contribution in [0.5, 0.6) is 0 Å². The minimum absolute atomic E-state index is 0.256. The Hall–Kier alpha value is -2.43. The number of para-hydroxylation sites is 1. The molecule has 3 N–H and O–H groups in total. The molecular weight excluding hydrogens is 312 g/mol. The quantitative estimate of drug-likeness (QED) is 0.671. The Morgan fingerprint density at radius 1 is 1.04 bits per heavy atom. The lowest BCUT2D eigenvalue weighted by molar-refractivity contribution is 0.105. The van der Waals surface area contributed by atoms with Crippen LogP contribution in [0.2, 0.25) is 0 Å². The topological polar surface area (TPSA) is 65.4 Å². The lowest BCUT2D eigenvalue weighted by Gasteiger charge is -2.14. The van der Waals surface area contributed by atoms with Crippen molar-refractivity contribution in [3.05, 3.63) is 59.7 Å². The molecule has 4 nitrogen and oxygen atoms in total. The molecule has 1 aliphatic carbocycles. The van der Waals surface area contributed by atoms with E-state index in [-0.39, 0.29) is 6.61 Å². The van der Waals surface area contributed by atoms with Gasteiger partial charge in [-0.15, -0.1) is 0 Å². The zero-order valence-corrected chi connectivity index (χ0v) is 14.1. The number of aliphatic hydroxyl groups is 2. The first-order valence-electron chi connectivity index (χ1n) is 8.79. The number of nitrogens with zero attached hydrogens (tertiary/aromatic N) is 1. The standard InChI is InChI=1S/C21H22N2O2/c24-13-17(25)12-22-21-11-20(23-19-7-2-1-6-18(19)21)16-9-8-14-4-3-5-15(14)10-16/h1-2,6-11,17,24-25H,3-5,12-13H2,(H,22,23). The molecule has 1 aliphatic rings. The van der Waals surface area contributed by atoms with Gasteiger partial charge in [-0.2, -0.15) is 0 Å². The third-order valence-electron chi connectivity index (χ3n) is 4.85. The highest BCUT2D eigenvalue weighted by Gasteiger charge is 2.13. The molecule has 0 spiro atoms. The van der Waals surface area contributed by atoms with Crippen LogP contribution in [0.15, 0.2) is 48.5 Å². The predicted octanol–water partition coefficient (Wildman–Crippen LogP) is 3.16. The molecule has 0 bridgehead atoms. The van der Waals surface area contributed by atoms with Gasteiger partial charge in [0.2, 0.25) is 0 Å². The molecule has 0 saturated carbocycles. The predicted molar refractivity (Wildman–Crippen MR) is 101 cm³/mol. The monoisotopic (exact) mass is 334 g/mol. The van der Waals surface area contributed by atoms with Crippen LogP contribution in [-0.2, 0) is 12.8 Å². The van der Waals surface area contributed by atoms with E-state index in [0.717, 1.165) is 34.3 Å². The molecule has 1 heterocycles. The normalized spacial score (nSPS) is 14.5. The van der Waals surface area contributed by atoms with Crippen LogP contribution < -0.4 is 5.32 Å². The van der Waals surface area contributed by atoms with Gasteiger partial charge in [-0.05, 0) is 48.6 Å². The fraction of sp³-hybridized carbons (Fsp3) is 0.286. The number of pyridine rings is 1. The van der Waals surface area contributed by atoms with E-state index in [9.17, 15) is 5.11 Å². The molecule has 0 saturated heterocycles. The smallest absolute Gasteiger partial charge is 0.0942 e. The van der Waals surface area contributed by atoms with Crippen LogP contribution >= 0.6 is 0 Å². The van der Waals surface area contributed by atoms with E-state index in [1.165, 1.54) is 24.0 Å². The van der Waals surface area contributed by atoms with Crippen molar-refractivity contribution >= 4 is 16.6 Å². The van der Waals surface area contributed by atoms with E-state index in [4.69, 9.17) is 10.1 Å². The maximum absolute atomic E-state index is 9.66. The maximum atomic E-state index is 9.66. The summed E-state index contributed by atoms with van der Waals surface area (Å²) in [5.41, 5.74) is 6.77. The Kier molecular flexibility index (Phi) is 4.38. The van der Waals surface area contributed by atoms with E-state index >= 15 is 0 Å². The molecule has 128 valence electrons. The number of rotatable bonds is 5. The van der Waals surface area contributed by atoms with E-state index < -0.39 is 6.10 Å². The van der Waals surface area contributed by atoms with Crippen LogP contribution in [0.4, 0.5) is 5.69 Å². The average molecular weight is 334 g/mol. The summed E-state index contributed by atoms with van der Waals surface area (Å²) >= 11 is 0. The van der Waals surface area contributed by atoms with Gasteiger partial charge in [0.25, 0.3) is 0 Å². The minimum atomic E-state index is -0.782. The Bertz CT molecular complexity index is 908. The van der Waals surface area contributed by atoms with Gasteiger partial charge in [-0.25, -0.2) is 4.98 Å². The molecule has 0 radical (unpaired) electrons. The first-order valence-corrected chi connectivity index (χ1v) is 8.79. The third kappa shape index (κ3) is 3.23. The second-order valence-electron chi connectivity index (χ2n) is 6.63. The lowest BCUT2D eigenvalue weighted by atomic mass is 10.0. The summed E-state index contributed by atoms with van der Waals surface area (Å²) < 4.78 is 0. The van der Waals surface area contributed by atoms with Crippen LogP contribution in [0, 0.1) is 0 Å². The van der Waals surface area contributed by atoms with Gasteiger partial charge < -0.3 is 15.5 Å². The molecule has 25 heavy (non-hydrogen) atoms. The number of aryl methyl sites for hydroxylation is 2. The molecule has 1 atom stereocenters. The molecule has 1 aromatic heterocycles. The molecule has 0 fully saturated rings. The summed E-state index contributed by atoms with van der Waals surface area (Å²) in [5.74, 6) is 0. The van der Waals surface area contributed by atoms with Gasteiger partial charge in [0.15, 0.2) is 0 Å². The highest BCUT2D eigenvalue weighted by molar-refractivity contribution is 5.93. The zero-order chi connectivity index (χ0) is 17.2. The first-order chi connectivity index (χ1) is 12.2. The molecule has 4 heteroatoms. The van der Waals surface area contributed by atoms with E-state index in [0.29, 0.717) is 6.54 Å². The number of anilines is 1. The number of hydrogen-bond donors (Lipinski definition) is 3. The van der Waals surface area contributed by atoms with E-state index in [2.05, 4.69) is 23.5 Å². The highest BCUT2D eigenvalue weighted by atomic mass is 16.3. The van der Waals surface area contributed by atoms with Crippen LogP contribution in [0.3, 0.4) is 0 Å². The van der Waals surface area contributed by atoms with Gasteiger partial charge in [0.1, 0.15) is 0 Å². The highest BCUT2D eigenvalue weighted by Crippen LogP contribution is 2.31. The van der Waals surface area contributed by atoms with Gasteiger partial charge in [0, 0.05) is 23.2 Å². The lowest BCUT2D eigenvalue weighted by Crippen LogP contribution is -2.23. The summed E-state index contributed by atoms with van der Waals surface area (Å²) in [6, 6.07) is 16.6. The number of aliphatic hydroxyl groups excluding tert-OH is 2. The third-order valence-corrected chi connectivity index (χ3v) is 4.85. The van der Waals surface area contributed by atoms with Gasteiger partial charge in [-0.1, -0.05) is 30.3 Å². The zero-order valence-electron chi connectivity index (χ0n) is 14.1. The number of fused-ring (bicyclic) bond motifs is 2. The first kappa shape index (κ1) is 16.1. The fourth-order valence-corrected chi connectivity index (χ4v) is 3.49. The molecule has 2 aromatic carbocycles. The van der Waals surface area contributed by atoms with Crippen molar-refractivity contribution in [3.8, 4) is 11.3 Å². The summed E-state index contributed by atoms with van der Waals surface area (Å²) in [6.45, 7) is 0.0435. The molecular formula is C21H22N2O2. The van der Waals surface area contributed by atoms with Crippen molar-refractivity contribution in [2.24, 2.45) is 0 Å². The van der Waals surface area contributed by atoms with Crippen molar-refractivity contribution < 1.29 is 10.2 Å². The van der Waals surface area contributed by atoms with Crippen molar-refractivity contribution in [2.75, 3.05) is 18.5 Å². The number of aromatic nitrogens is 1. The number of benzene rings is 2. The van der Waals surface area contributed by atoms with Crippen LogP contribution in [0.25, 0.3) is 22.2 Å². The molecule has 1 unspecified atom stereocenters. The van der Waals surface area contributed by atoms with Crippen molar-refractivity contribution in [1.29, 1.82) is 0 Å². The van der Waals surface area contributed by atoms with Crippen molar-refractivity contribution in [3.63, 3.8) is 0 Å². The van der Waals surface area contributed by atoms with Gasteiger partial charge in [-0.3, -0.25) is 0 Å². The SMILES string of the molecule is OCC(O)CNc1cc(-c2ccc3c(c2)CCC3)nc2ccccc12. The average Bonchev–Trinajstić information content (AvgIpc) is 3.13. The fourth-order valence-electron chi connectivity index (χ4n) is 3.49. The number of hydrogen-bond acceptors (Lipinski definition) is 4. The van der Waals surface area contributed by atoms with Crippen molar-refractivity contribution in [2.45, 2.75) is 25.4 Å². The molecule has 3 aromatic rings. The Morgan fingerprint density at radius 2 is 1.88 bits per heavy atom. The maximum Gasteiger partial charge on any atom is 0.0942 e. The Labute approximate surface area is 147 Å². The summed E-state index contributed by atoms with van der Waals surface area (Å²) in [6.07, 6.45) is 2.77. The van der Waals surface area contributed by atoms with E-state index in [1.807, 2.05) is 30.3 Å². The summed E-state index contributed by atoms with van der Waals surface area (Å²) in [7, 11) is 0. The Morgan fingerprint density at radius 3 is 2.76 bits per heavy atom. The van der Waals surface area contributed by atoms with Crippen molar-refractivity contribution in [1.82, 2.24) is 4.98 Å². The second kappa shape index (κ2) is 6.82. The molecule has 0 aliphatic heterocycles. The van der Waals surface area contributed by atoms with Crippen LogP contribution in [0.1, 0.15) is 17.5 Å². The molecule has 4 rings (SSSR count). The molecule has 0 amide bonds. The number of nitrogens with one attached hydrogen (secondary N) is 1. The van der Waals surface area contributed by atoms with Crippen LogP contribution in [-0.4, -0.2) is 34.5 Å². The largest absolute Gasteiger partial charge is 0.394 e. The minimum Gasteiger partial charge on any atom is -0.394 e.